The zero-order valence-electron chi connectivity index (χ0n) is 10.2. The Morgan fingerprint density at radius 1 is 1.39 bits per heavy atom. The number of rotatable bonds is 4. The second-order valence-electron chi connectivity index (χ2n) is 4.10. The van der Waals surface area contributed by atoms with E-state index in [4.69, 9.17) is 5.11 Å². The smallest absolute Gasteiger partial charge is 0.323 e. The maximum atomic E-state index is 10.6. The number of hydrogen-bond acceptors (Lipinski definition) is 4. The van der Waals surface area contributed by atoms with E-state index in [0.717, 1.165) is 5.56 Å². The summed E-state index contributed by atoms with van der Waals surface area (Å²) in [6, 6.07) is 7.85. The normalized spacial score (nSPS) is 10.3. The van der Waals surface area contributed by atoms with E-state index in [2.05, 4.69) is 15.2 Å². The zero-order chi connectivity index (χ0) is 13.1. The SMILES string of the molecule is Cc1ccc(-c2nc(N(C)CC(=O)O)n[nH]2)cc1. The van der Waals surface area contributed by atoms with E-state index in [1.54, 1.807) is 7.05 Å². The summed E-state index contributed by atoms with van der Waals surface area (Å²) in [5.74, 6) is 0.0781. The first-order valence-electron chi connectivity index (χ1n) is 5.48. The van der Waals surface area contributed by atoms with Gasteiger partial charge in [0.15, 0.2) is 5.82 Å². The van der Waals surface area contributed by atoms with Crippen molar-refractivity contribution in [2.45, 2.75) is 6.92 Å². The van der Waals surface area contributed by atoms with Crippen LogP contribution in [0.4, 0.5) is 5.95 Å². The van der Waals surface area contributed by atoms with Gasteiger partial charge in [-0.25, -0.2) is 0 Å². The highest BCUT2D eigenvalue weighted by molar-refractivity contribution is 5.72. The van der Waals surface area contributed by atoms with Crippen LogP contribution in [0, 0.1) is 6.92 Å². The molecule has 94 valence electrons. The minimum atomic E-state index is -0.917. The molecule has 1 heterocycles. The third kappa shape index (κ3) is 2.65. The summed E-state index contributed by atoms with van der Waals surface area (Å²) >= 11 is 0. The Morgan fingerprint density at radius 2 is 2.06 bits per heavy atom. The molecule has 0 bridgehead atoms. The molecular weight excluding hydrogens is 232 g/mol. The van der Waals surface area contributed by atoms with Crippen LogP contribution in [0.15, 0.2) is 24.3 Å². The molecule has 0 saturated heterocycles. The summed E-state index contributed by atoms with van der Waals surface area (Å²) < 4.78 is 0. The standard InChI is InChI=1S/C12H14N4O2/c1-8-3-5-9(6-4-8)11-13-12(15-14-11)16(2)7-10(17)18/h3-6H,7H2,1-2H3,(H,17,18)(H,13,14,15). The molecule has 1 aromatic carbocycles. The van der Waals surface area contributed by atoms with Crippen LogP contribution >= 0.6 is 0 Å². The van der Waals surface area contributed by atoms with Gasteiger partial charge in [0.2, 0.25) is 5.95 Å². The van der Waals surface area contributed by atoms with E-state index in [1.807, 2.05) is 31.2 Å². The number of aromatic nitrogens is 3. The minimum Gasteiger partial charge on any atom is -0.480 e. The number of aromatic amines is 1. The largest absolute Gasteiger partial charge is 0.480 e. The van der Waals surface area contributed by atoms with Crippen molar-refractivity contribution in [3.63, 3.8) is 0 Å². The van der Waals surface area contributed by atoms with Crippen LogP contribution in [0.25, 0.3) is 11.4 Å². The van der Waals surface area contributed by atoms with Crippen molar-refractivity contribution in [2.24, 2.45) is 0 Å². The summed E-state index contributed by atoms with van der Waals surface area (Å²) in [7, 11) is 1.64. The monoisotopic (exact) mass is 246 g/mol. The van der Waals surface area contributed by atoms with Gasteiger partial charge in [-0.2, -0.15) is 4.98 Å². The number of nitrogens with one attached hydrogen (secondary N) is 1. The van der Waals surface area contributed by atoms with Gasteiger partial charge in [0.05, 0.1) is 0 Å². The summed E-state index contributed by atoms with van der Waals surface area (Å²) in [6.07, 6.45) is 0. The van der Waals surface area contributed by atoms with Crippen molar-refractivity contribution in [1.82, 2.24) is 15.2 Å². The van der Waals surface area contributed by atoms with Gasteiger partial charge in [-0.05, 0) is 6.92 Å². The maximum Gasteiger partial charge on any atom is 0.323 e. The highest BCUT2D eigenvalue weighted by atomic mass is 16.4. The molecule has 0 radical (unpaired) electrons. The van der Waals surface area contributed by atoms with Crippen molar-refractivity contribution in [2.75, 3.05) is 18.5 Å². The third-order valence-electron chi connectivity index (χ3n) is 2.51. The van der Waals surface area contributed by atoms with Gasteiger partial charge in [-0.15, -0.1) is 5.10 Å². The molecule has 0 aliphatic rings. The maximum absolute atomic E-state index is 10.6. The molecule has 0 amide bonds. The fourth-order valence-corrected chi connectivity index (χ4v) is 1.54. The van der Waals surface area contributed by atoms with Crippen molar-refractivity contribution >= 4 is 11.9 Å². The van der Waals surface area contributed by atoms with Gasteiger partial charge in [0, 0.05) is 12.6 Å². The van der Waals surface area contributed by atoms with Gasteiger partial charge in [0.1, 0.15) is 6.54 Å². The van der Waals surface area contributed by atoms with Gasteiger partial charge in [-0.3, -0.25) is 9.89 Å². The highest BCUT2D eigenvalue weighted by Crippen LogP contribution is 2.17. The Labute approximate surface area is 104 Å². The van der Waals surface area contributed by atoms with E-state index < -0.39 is 5.97 Å². The molecule has 0 aliphatic carbocycles. The second kappa shape index (κ2) is 4.87. The van der Waals surface area contributed by atoms with Gasteiger partial charge in [0.25, 0.3) is 0 Å². The number of aryl methyl sites for hydroxylation is 1. The quantitative estimate of drug-likeness (QED) is 0.849. The Bertz CT molecular complexity index is 547. The number of nitrogens with zero attached hydrogens (tertiary/aromatic N) is 3. The highest BCUT2D eigenvalue weighted by Gasteiger charge is 2.11. The molecule has 0 spiro atoms. The predicted octanol–water partition coefficient (Wildman–Crippen LogP) is 1.30. The average Bonchev–Trinajstić information content (AvgIpc) is 2.78. The van der Waals surface area contributed by atoms with Crippen molar-refractivity contribution in [3.8, 4) is 11.4 Å². The Morgan fingerprint density at radius 3 is 2.67 bits per heavy atom. The number of anilines is 1. The minimum absolute atomic E-state index is 0.134. The van der Waals surface area contributed by atoms with E-state index in [1.165, 1.54) is 10.5 Å². The molecule has 0 fully saturated rings. The number of H-pyrrole nitrogens is 1. The number of carboxylic acid groups (broad SMARTS) is 1. The average molecular weight is 246 g/mol. The summed E-state index contributed by atoms with van der Waals surface area (Å²) in [6.45, 7) is 1.88. The molecule has 0 aliphatic heterocycles. The number of aliphatic carboxylic acids is 1. The number of carbonyl (C=O) groups is 1. The fourth-order valence-electron chi connectivity index (χ4n) is 1.54. The van der Waals surface area contributed by atoms with Crippen LogP contribution in [0.1, 0.15) is 5.56 Å². The molecule has 2 aromatic rings. The molecule has 6 nitrogen and oxygen atoms in total. The first-order valence-corrected chi connectivity index (χ1v) is 5.48. The number of hydrogen-bond donors (Lipinski definition) is 2. The number of carboxylic acids is 1. The molecule has 2 rings (SSSR count). The van der Waals surface area contributed by atoms with E-state index >= 15 is 0 Å². The summed E-state index contributed by atoms with van der Waals surface area (Å²) in [4.78, 5) is 16.3. The third-order valence-corrected chi connectivity index (χ3v) is 2.51. The molecule has 1 aromatic heterocycles. The summed E-state index contributed by atoms with van der Waals surface area (Å²) in [5, 5.41) is 15.5. The van der Waals surface area contributed by atoms with Gasteiger partial charge in [-0.1, -0.05) is 29.8 Å². The molecule has 0 saturated carbocycles. The lowest BCUT2D eigenvalue weighted by atomic mass is 10.1. The number of likely N-dealkylation sites (N-methyl/N-ethyl adjacent to an activating group) is 1. The predicted molar refractivity (Wildman–Crippen MR) is 67.5 cm³/mol. The Hall–Kier alpha value is -2.37. The van der Waals surface area contributed by atoms with Gasteiger partial charge >= 0.3 is 5.97 Å². The molecule has 0 unspecified atom stereocenters. The van der Waals surface area contributed by atoms with E-state index in [0.29, 0.717) is 11.8 Å². The van der Waals surface area contributed by atoms with Crippen LogP contribution in [-0.2, 0) is 4.79 Å². The lowest BCUT2D eigenvalue weighted by molar-refractivity contribution is -0.135. The number of benzene rings is 1. The topological polar surface area (TPSA) is 82.1 Å². The first kappa shape index (κ1) is 12.1. The van der Waals surface area contributed by atoms with Crippen LogP contribution in [-0.4, -0.2) is 39.8 Å². The van der Waals surface area contributed by atoms with Crippen molar-refractivity contribution in [1.29, 1.82) is 0 Å². The van der Waals surface area contributed by atoms with Crippen molar-refractivity contribution < 1.29 is 9.90 Å². The molecule has 2 N–H and O–H groups in total. The van der Waals surface area contributed by atoms with Crippen LogP contribution in [0.3, 0.4) is 0 Å². The molecular formula is C12H14N4O2. The Kier molecular flexibility index (Phi) is 3.27. The second-order valence-corrected chi connectivity index (χ2v) is 4.10. The van der Waals surface area contributed by atoms with Gasteiger partial charge < -0.3 is 10.0 Å². The molecule has 6 heteroatoms. The van der Waals surface area contributed by atoms with Crippen LogP contribution < -0.4 is 4.90 Å². The molecule has 18 heavy (non-hydrogen) atoms. The van der Waals surface area contributed by atoms with E-state index in [9.17, 15) is 4.79 Å². The zero-order valence-corrected chi connectivity index (χ0v) is 10.2. The lowest BCUT2D eigenvalue weighted by Crippen LogP contribution is -2.26. The lowest BCUT2D eigenvalue weighted by Gasteiger charge is -2.10. The van der Waals surface area contributed by atoms with E-state index in [-0.39, 0.29) is 6.54 Å². The molecule has 0 atom stereocenters. The summed E-state index contributed by atoms with van der Waals surface area (Å²) in [5.41, 5.74) is 2.09. The van der Waals surface area contributed by atoms with Crippen LogP contribution in [0.2, 0.25) is 0 Å². The fraction of sp³-hybridized carbons (Fsp3) is 0.250. The first-order chi connectivity index (χ1) is 8.56. The van der Waals surface area contributed by atoms with Crippen LogP contribution in [0.5, 0.6) is 0 Å². The Balaban J connectivity index is 2.19. The van der Waals surface area contributed by atoms with Crippen molar-refractivity contribution in [3.05, 3.63) is 29.8 Å².